The van der Waals surface area contributed by atoms with Crippen LogP contribution >= 0.6 is 0 Å². The van der Waals surface area contributed by atoms with E-state index in [-0.39, 0.29) is 0 Å². The summed E-state index contributed by atoms with van der Waals surface area (Å²) < 4.78 is 2.44. The van der Waals surface area contributed by atoms with Crippen molar-refractivity contribution in [2.75, 3.05) is 0 Å². The molecule has 0 fully saturated rings. The lowest BCUT2D eigenvalue weighted by molar-refractivity contribution is 1.07. The van der Waals surface area contributed by atoms with Crippen molar-refractivity contribution in [3.63, 3.8) is 0 Å². The Kier molecular flexibility index (Phi) is 7.14. The van der Waals surface area contributed by atoms with Gasteiger partial charge in [0.15, 0.2) is 17.5 Å². The number of rotatable bonds is 5. The fourth-order valence-electron chi connectivity index (χ4n) is 8.18. The van der Waals surface area contributed by atoms with E-state index in [4.69, 9.17) is 15.0 Å². The van der Waals surface area contributed by atoms with Gasteiger partial charge in [-0.25, -0.2) is 15.0 Å². The smallest absolute Gasteiger partial charge is 0.164 e. The van der Waals surface area contributed by atoms with E-state index in [9.17, 15) is 0 Å². The van der Waals surface area contributed by atoms with Crippen molar-refractivity contribution in [2.24, 2.45) is 0 Å². The van der Waals surface area contributed by atoms with E-state index in [0.717, 1.165) is 27.9 Å². The number of hydrogen-bond acceptors (Lipinski definition) is 3. The Morgan fingerprint density at radius 3 is 1.35 bits per heavy atom. The molecular weight excluding hydrogens is 669 g/mol. The molecule has 0 radical (unpaired) electrons. The van der Waals surface area contributed by atoms with E-state index in [1.165, 1.54) is 59.7 Å². The zero-order valence-corrected chi connectivity index (χ0v) is 29.8. The maximum absolute atomic E-state index is 5.07. The standard InChI is InChI=1S/C51H32N4/c1-3-13-33(14-4-1)34-23-25-36(26-24-34)50-52-49(35-15-5-2-6-16-35)53-51(54-50)37-27-29-40(30-28-37)55-46-32-39-18-8-7-17-38(39)31-45(46)47-43-21-11-9-19-41(43)42-20-10-12-22-44(42)48(47)55/h1-32H. The summed E-state index contributed by atoms with van der Waals surface area (Å²) in [6.45, 7) is 0. The van der Waals surface area contributed by atoms with Crippen molar-refractivity contribution in [3.8, 4) is 51.0 Å². The van der Waals surface area contributed by atoms with Crippen LogP contribution in [0.1, 0.15) is 0 Å². The summed E-state index contributed by atoms with van der Waals surface area (Å²) in [5, 5.41) is 9.97. The molecule has 0 bridgehead atoms. The monoisotopic (exact) mass is 700 g/mol. The number of hydrogen-bond donors (Lipinski definition) is 0. The van der Waals surface area contributed by atoms with Gasteiger partial charge in [0.25, 0.3) is 0 Å². The first kappa shape index (κ1) is 31.1. The second-order valence-corrected chi connectivity index (χ2v) is 14.0. The Morgan fingerprint density at radius 1 is 0.309 bits per heavy atom. The van der Waals surface area contributed by atoms with Crippen LogP contribution in [-0.4, -0.2) is 19.5 Å². The minimum atomic E-state index is 0.632. The predicted molar refractivity (Wildman–Crippen MR) is 228 cm³/mol. The molecule has 9 aromatic carbocycles. The molecule has 0 aliphatic rings. The highest BCUT2D eigenvalue weighted by Gasteiger charge is 2.20. The molecule has 0 saturated heterocycles. The van der Waals surface area contributed by atoms with Crippen LogP contribution in [0.5, 0.6) is 0 Å². The number of nitrogens with zero attached hydrogens (tertiary/aromatic N) is 4. The average molecular weight is 701 g/mol. The second-order valence-electron chi connectivity index (χ2n) is 14.0. The summed E-state index contributed by atoms with van der Waals surface area (Å²) in [6, 6.07) is 68.7. The molecule has 0 amide bonds. The topological polar surface area (TPSA) is 43.6 Å². The van der Waals surface area contributed by atoms with E-state index in [2.05, 4.69) is 162 Å². The lowest BCUT2D eigenvalue weighted by Gasteiger charge is -2.13. The van der Waals surface area contributed by atoms with Gasteiger partial charge in [0.05, 0.1) is 11.0 Å². The lowest BCUT2D eigenvalue weighted by atomic mass is 9.96. The summed E-state index contributed by atoms with van der Waals surface area (Å²) in [5.74, 6) is 1.91. The van der Waals surface area contributed by atoms with Crippen molar-refractivity contribution in [1.82, 2.24) is 19.5 Å². The summed E-state index contributed by atoms with van der Waals surface area (Å²) in [4.78, 5) is 15.1. The van der Waals surface area contributed by atoms with Crippen molar-refractivity contribution < 1.29 is 0 Å². The highest BCUT2D eigenvalue weighted by molar-refractivity contribution is 6.32. The molecule has 2 heterocycles. The summed E-state index contributed by atoms with van der Waals surface area (Å²) in [6.07, 6.45) is 0. The normalized spacial score (nSPS) is 11.6. The molecule has 0 spiro atoms. The summed E-state index contributed by atoms with van der Waals surface area (Å²) in [7, 11) is 0. The van der Waals surface area contributed by atoms with E-state index < -0.39 is 0 Å². The first-order valence-corrected chi connectivity index (χ1v) is 18.6. The molecule has 0 aliphatic carbocycles. The Labute approximate surface area is 317 Å². The fraction of sp³-hybridized carbons (Fsp3) is 0. The molecule has 4 heteroatoms. The third kappa shape index (κ3) is 5.19. The molecule has 256 valence electrons. The maximum Gasteiger partial charge on any atom is 0.164 e. The van der Waals surface area contributed by atoms with Gasteiger partial charge < -0.3 is 4.57 Å². The van der Waals surface area contributed by atoms with E-state index in [1.54, 1.807) is 0 Å². The Bertz CT molecular complexity index is 3220. The Balaban J connectivity index is 1.10. The molecule has 0 N–H and O–H groups in total. The predicted octanol–water partition coefficient (Wildman–Crippen LogP) is 13.1. The van der Waals surface area contributed by atoms with Gasteiger partial charge in [-0.2, -0.15) is 0 Å². The van der Waals surface area contributed by atoms with Crippen molar-refractivity contribution >= 4 is 54.1 Å². The van der Waals surface area contributed by atoms with Crippen LogP contribution in [0.3, 0.4) is 0 Å². The first-order chi connectivity index (χ1) is 27.3. The molecule has 0 unspecified atom stereocenters. The number of aromatic nitrogens is 4. The first-order valence-electron chi connectivity index (χ1n) is 18.6. The molecule has 55 heavy (non-hydrogen) atoms. The highest BCUT2D eigenvalue weighted by atomic mass is 15.0. The zero-order chi connectivity index (χ0) is 36.3. The van der Waals surface area contributed by atoms with Gasteiger partial charge in [-0.05, 0) is 74.5 Å². The molecule has 11 rings (SSSR count). The maximum atomic E-state index is 5.07. The van der Waals surface area contributed by atoms with Crippen molar-refractivity contribution in [1.29, 1.82) is 0 Å². The van der Waals surface area contributed by atoms with Crippen molar-refractivity contribution in [3.05, 3.63) is 194 Å². The largest absolute Gasteiger partial charge is 0.309 e. The van der Waals surface area contributed by atoms with Crippen LogP contribution in [0.25, 0.3) is 105 Å². The van der Waals surface area contributed by atoms with Crippen LogP contribution < -0.4 is 0 Å². The van der Waals surface area contributed by atoms with Crippen LogP contribution in [-0.2, 0) is 0 Å². The quantitative estimate of drug-likeness (QED) is 0.168. The van der Waals surface area contributed by atoms with Crippen LogP contribution in [0.4, 0.5) is 0 Å². The molecule has 0 saturated carbocycles. The fourth-order valence-corrected chi connectivity index (χ4v) is 8.18. The highest BCUT2D eigenvalue weighted by Crippen LogP contribution is 2.43. The van der Waals surface area contributed by atoms with Crippen molar-refractivity contribution in [2.45, 2.75) is 0 Å². The van der Waals surface area contributed by atoms with Gasteiger partial charge in [0.1, 0.15) is 0 Å². The van der Waals surface area contributed by atoms with Gasteiger partial charge in [-0.15, -0.1) is 0 Å². The van der Waals surface area contributed by atoms with Gasteiger partial charge in [0, 0.05) is 38.5 Å². The number of fused-ring (bicyclic) bond motifs is 9. The summed E-state index contributed by atoms with van der Waals surface area (Å²) in [5.41, 5.74) is 8.59. The van der Waals surface area contributed by atoms with E-state index in [1.807, 2.05) is 36.4 Å². The van der Waals surface area contributed by atoms with E-state index >= 15 is 0 Å². The van der Waals surface area contributed by atoms with Gasteiger partial charge >= 0.3 is 0 Å². The zero-order valence-electron chi connectivity index (χ0n) is 29.8. The van der Waals surface area contributed by atoms with Gasteiger partial charge in [-0.1, -0.05) is 158 Å². The molecule has 4 nitrogen and oxygen atoms in total. The molecule has 2 aromatic heterocycles. The minimum Gasteiger partial charge on any atom is -0.309 e. The molecular formula is C51H32N4. The minimum absolute atomic E-state index is 0.632. The summed E-state index contributed by atoms with van der Waals surface area (Å²) >= 11 is 0. The van der Waals surface area contributed by atoms with Crippen LogP contribution in [0, 0.1) is 0 Å². The molecule has 0 aliphatic heterocycles. The Morgan fingerprint density at radius 2 is 0.727 bits per heavy atom. The third-order valence-corrected chi connectivity index (χ3v) is 10.8. The van der Waals surface area contributed by atoms with Crippen LogP contribution in [0.15, 0.2) is 194 Å². The third-order valence-electron chi connectivity index (χ3n) is 10.8. The number of benzene rings is 9. The SMILES string of the molecule is c1ccc(-c2ccc(-c3nc(-c4ccccc4)nc(-c4ccc(-n5c6cc7ccccc7cc6c6c7ccccc7c7ccccc7c65)cc4)n3)cc2)cc1. The Hall–Kier alpha value is -7.43. The molecule has 11 aromatic rings. The lowest BCUT2D eigenvalue weighted by Crippen LogP contribution is -2.00. The molecule has 0 atom stereocenters. The van der Waals surface area contributed by atoms with Gasteiger partial charge in [-0.3, -0.25) is 0 Å². The van der Waals surface area contributed by atoms with E-state index in [0.29, 0.717) is 17.5 Å². The second kappa shape index (κ2) is 12.6. The average Bonchev–Trinajstić information content (AvgIpc) is 3.60. The van der Waals surface area contributed by atoms with Crippen LogP contribution in [0.2, 0.25) is 0 Å². The van der Waals surface area contributed by atoms with Gasteiger partial charge in [0.2, 0.25) is 0 Å².